The Bertz CT molecular complexity index is 482. The highest BCUT2D eigenvalue weighted by Gasteiger charge is 2.39. The largest absolute Gasteiger partial charge is 0.359 e. The van der Waals surface area contributed by atoms with E-state index in [1.54, 1.807) is 0 Å². The van der Waals surface area contributed by atoms with Gasteiger partial charge in [-0.3, -0.25) is 0 Å². The lowest BCUT2D eigenvalue weighted by Gasteiger charge is -2.20. The minimum atomic E-state index is 0.0256. The Morgan fingerprint density at radius 3 is 3.12 bits per heavy atom. The number of nitrogens with one attached hydrogen (secondary N) is 2. The van der Waals surface area contributed by atoms with Crippen LogP contribution in [0.3, 0.4) is 0 Å². The number of hydrogen-bond acceptors (Lipinski definition) is 4. The summed E-state index contributed by atoms with van der Waals surface area (Å²) < 4.78 is 5.45. The van der Waals surface area contributed by atoms with Crippen molar-refractivity contribution >= 4 is 0 Å². The standard InChI is InChI=1S/C12H16N4O/c1-2-12(5-7-13-8-12)11-15-10(16-17-11)9-4-3-6-14-9/h3-4,6,13-14H,2,5,7-8H2,1H3. The van der Waals surface area contributed by atoms with Crippen molar-refractivity contribution in [3.8, 4) is 11.5 Å². The third-order valence-electron chi connectivity index (χ3n) is 3.64. The second-order valence-corrected chi connectivity index (χ2v) is 4.57. The molecule has 1 aliphatic rings. The number of nitrogens with zero attached hydrogens (tertiary/aromatic N) is 2. The molecule has 2 N–H and O–H groups in total. The van der Waals surface area contributed by atoms with Crippen molar-refractivity contribution in [3.63, 3.8) is 0 Å². The highest BCUT2D eigenvalue weighted by Crippen LogP contribution is 2.33. The van der Waals surface area contributed by atoms with Gasteiger partial charge in [0, 0.05) is 12.7 Å². The van der Waals surface area contributed by atoms with Gasteiger partial charge in [-0.25, -0.2) is 0 Å². The second kappa shape index (κ2) is 4.00. The van der Waals surface area contributed by atoms with Crippen LogP contribution >= 0.6 is 0 Å². The SMILES string of the molecule is CCC1(c2nc(-c3ccc[nH]3)no2)CCNC1. The monoisotopic (exact) mass is 232 g/mol. The molecule has 3 heterocycles. The van der Waals surface area contributed by atoms with Gasteiger partial charge in [-0.15, -0.1) is 0 Å². The van der Waals surface area contributed by atoms with Crippen LogP contribution in [0.2, 0.25) is 0 Å². The zero-order valence-electron chi connectivity index (χ0n) is 9.86. The van der Waals surface area contributed by atoms with E-state index in [0.717, 1.165) is 37.5 Å². The third kappa shape index (κ3) is 1.67. The molecule has 0 saturated carbocycles. The van der Waals surface area contributed by atoms with Gasteiger partial charge in [-0.2, -0.15) is 4.98 Å². The van der Waals surface area contributed by atoms with Crippen molar-refractivity contribution in [3.05, 3.63) is 24.2 Å². The lowest BCUT2D eigenvalue weighted by atomic mass is 9.84. The Morgan fingerprint density at radius 1 is 1.53 bits per heavy atom. The maximum absolute atomic E-state index is 5.45. The molecule has 2 aromatic rings. The van der Waals surface area contributed by atoms with Crippen LogP contribution in [0.5, 0.6) is 0 Å². The lowest BCUT2D eigenvalue weighted by Crippen LogP contribution is -2.28. The van der Waals surface area contributed by atoms with Crippen molar-refractivity contribution in [2.45, 2.75) is 25.2 Å². The minimum Gasteiger partial charge on any atom is -0.359 e. The summed E-state index contributed by atoms with van der Waals surface area (Å²) in [7, 11) is 0. The van der Waals surface area contributed by atoms with E-state index in [-0.39, 0.29) is 5.41 Å². The van der Waals surface area contributed by atoms with E-state index in [1.807, 2.05) is 18.3 Å². The average molecular weight is 232 g/mol. The molecule has 0 aromatic carbocycles. The fourth-order valence-electron chi connectivity index (χ4n) is 2.40. The number of hydrogen-bond donors (Lipinski definition) is 2. The molecule has 0 bridgehead atoms. The van der Waals surface area contributed by atoms with Gasteiger partial charge in [0.25, 0.3) is 0 Å². The molecule has 0 radical (unpaired) electrons. The van der Waals surface area contributed by atoms with Crippen molar-refractivity contribution in [1.29, 1.82) is 0 Å². The molecule has 1 aliphatic heterocycles. The molecule has 1 atom stereocenters. The first-order chi connectivity index (χ1) is 8.34. The summed E-state index contributed by atoms with van der Waals surface area (Å²) in [5.74, 6) is 1.40. The molecular weight excluding hydrogens is 216 g/mol. The van der Waals surface area contributed by atoms with Gasteiger partial charge >= 0.3 is 0 Å². The summed E-state index contributed by atoms with van der Waals surface area (Å²) >= 11 is 0. The molecule has 5 nitrogen and oxygen atoms in total. The summed E-state index contributed by atoms with van der Waals surface area (Å²) in [6, 6.07) is 3.87. The van der Waals surface area contributed by atoms with E-state index in [4.69, 9.17) is 4.52 Å². The van der Waals surface area contributed by atoms with Crippen LogP contribution in [0.1, 0.15) is 25.7 Å². The van der Waals surface area contributed by atoms with Gasteiger partial charge in [-0.1, -0.05) is 12.1 Å². The molecule has 1 unspecified atom stereocenters. The van der Waals surface area contributed by atoms with Crippen molar-refractivity contribution in [2.75, 3.05) is 13.1 Å². The Kier molecular flexibility index (Phi) is 2.48. The maximum atomic E-state index is 5.45. The molecule has 3 rings (SSSR count). The molecule has 17 heavy (non-hydrogen) atoms. The molecule has 5 heteroatoms. The van der Waals surface area contributed by atoms with Crippen molar-refractivity contribution in [2.24, 2.45) is 0 Å². The van der Waals surface area contributed by atoms with Crippen molar-refractivity contribution < 1.29 is 4.52 Å². The average Bonchev–Trinajstić information content (AvgIpc) is 3.10. The van der Waals surface area contributed by atoms with Gasteiger partial charge in [0.05, 0.1) is 11.1 Å². The highest BCUT2D eigenvalue weighted by atomic mass is 16.5. The van der Waals surface area contributed by atoms with E-state index < -0.39 is 0 Å². The van der Waals surface area contributed by atoms with E-state index in [1.165, 1.54) is 0 Å². The summed E-state index contributed by atoms with van der Waals surface area (Å²) in [5, 5.41) is 7.42. The topological polar surface area (TPSA) is 66.7 Å². The number of H-pyrrole nitrogens is 1. The molecule has 90 valence electrons. The first-order valence-electron chi connectivity index (χ1n) is 6.03. The minimum absolute atomic E-state index is 0.0256. The Morgan fingerprint density at radius 2 is 2.47 bits per heavy atom. The third-order valence-corrected chi connectivity index (χ3v) is 3.64. The quantitative estimate of drug-likeness (QED) is 0.845. The number of rotatable bonds is 3. The van der Waals surface area contributed by atoms with Gasteiger partial charge in [0.1, 0.15) is 0 Å². The van der Waals surface area contributed by atoms with E-state index in [9.17, 15) is 0 Å². The summed E-state index contributed by atoms with van der Waals surface area (Å²) in [6.07, 6.45) is 3.94. The normalized spacial score (nSPS) is 24.3. The van der Waals surface area contributed by atoms with Crippen LogP contribution in [0, 0.1) is 0 Å². The van der Waals surface area contributed by atoms with Gasteiger partial charge in [-0.05, 0) is 31.5 Å². The highest BCUT2D eigenvalue weighted by molar-refractivity contribution is 5.48. The smallest absolute Gasteiger partial charge is 0.234 e. The Hall–Kier alpha value is -1.62. The molecule has 1 fully saturated rings. The van der Waals surface area contributed by atoms with Crippen LogP contribution in [0.15, 0.2) is 22.9 Å². The Balaban J connectivity index is 1.94. The lowest BCUT2D eigenvalue weighted by molar-refractivity contribution is 0.285. The predicted molar refractivity (Wildman–Crippen MR) is 63.5 cm³/mol. The van der Waals surface area contributed by atoms with Gasteiger partial charge < -0.3 is 14.8 Å². The number of aromatic nitrogens is 3. The van der Waals surface area contributed by atoms with Crippen LogP contribution in [0.25, 0.3) is 11.5 Å². The van der Waals surface area contributed by atoms with Crippen molar-refractivity contribution in [1.82, 2.24) is 20.4 Å². The predicted octanol–water partition coefficient (Wildman–Crippen LogP) is 1.71. The summed E-state index contributed by atoms with van der Waals surface area (Å²) in [5.41, 5.74) is 0.926. The fourth-order valence-corrected chi connectivity index (χ4v) is 2.40. The zero-order valence-corrected chi connectivity index (χ0v) is 9.86. The van der Waals surface area contributed by atoms with Crippen LogP contribution in [-0.2, 0) is 5.41 Å². The summed E-state index contributed by atoms with van der Waals surface area (Å²) in [4.78, 5) is 7.62. The zero-order chi connectivity index (χ0) is 11.7. The van der Waals surface area contributed by atoms with Crippen LogP contribution in [-0.4, -0.2) is 28.2 Å². The van der Waals surface area contributed by atoms with E-state index in [0.29, 0.717) is 5.82 Å². The van der Waals surface area contributed by atoms with Gasteiger partial charge in [0.15, 0.2) is 0 Å². The summed E-state index contributed by atoms with van der Waals surface area (Å²) in [6.45, 7) is 4.12. The first kappa shape index (κ1) is 10.5. The number of aromatic amines is 1. The molecule has 0 spiro atoms. The molecule has 2 aromatic heterocycles. The van der Waals surface area contributed by atoms with E-state index in [2.05, 4.69) is 27.4 Å². The molecule has 0 aliphatic carbocycles. The maximum Gasteiger partial charge on any atom is 0.234 e. The second-order valence-electron chi connectivity index (χ2n) is 4.57. The molecular formula is C12H16N4O. The molecule has 1 saturated heterocycles. The Labute approximate surface area is 99.6 Å². The van der Waals surface area contributed by atoms with E-state index >= 15 is 0 Å². The van der Waals surface area contributed by atoms with Gasteiger partial charge in [0.2, 0.25) is 11.7 Å². The first-order valence-corrected chi connectivity index (χ1v) is 6.03. The molecule has 0 amide bonds. The van der Waals surface area contributed by atoms with Crippen LogP contribution < -0.4 is 5.32 Å². The van der Waals surface area contributed by atoms with Crippen LogP contribution in [0.4, 0.5) is 0 Å². The fraction of sp³-hybridized carbons (Fsp3) is 0.500.